The van der Waals surface area contributed by atoms with Crippen LogP contribution in [0.3, 0.4) is 0 Å². The molecule has 0 bridgehead atoms. The number of ether oxygens (including phenoxy) is 1. The first kappa shape index (κ1) is 12.2. The SMILES string of the molecule is COc1ccc(N[C@@H]2CCCC[C@H]2O)c(C)c1. The molecule has 1 fully saturated rings. The van der Waals surface area contributed by atoms with Gasteiger partial charge in [-0.25, -0.2) is 0 Å². The van der Waals surface area contributed by atoms with Gasteiger partial charge in [0, 0.05) is 5.69 Å². The van der Waals surface area contributed by atoms with Crippen LogP contribution in [-0.4, -0.2) is 24.4 Å². The van der Waals surface area contributed by atoms with E-state index in [4.69, 9.17) is 4.74 Å². The van der Waals surface area contributed by atoms with Gasteiger partial charge in [-0.3, -0.25) is 0 Å². The third-order valence-electron chi connectivity index (χ3n) is 3.50. The summed E-state index contributed by atoms with van der Waals surface area (Å²) in [5.74, 6) is 0.872. The lowest BCUT2D eigenvalue weighted by atomic mass is 9.92. The lowest BCUT2D eigenvalue weighted by Crippen LogP contribution is -2.36. The molecule has 0 aromatic heterocycles. The molecule has 1 aromatic carbocycles. The van der Waals surface area contributed by atoms with Gasteiger partial charge in [-0.05, 0) is 43.5 Å². The highest BCUT2D eigenvalue weighted by Crippen LogP contribution is 2.26. The van der Waals surface area contributed by atoms with E-state index in [1.165, 1.54) is 6.42 Å². The number of rotatable bonds is 3. The summed E-state index contributed by atoms with van der Waals surface area (Å²) >= 11 is 0. The normalized spacial score (nSPS) is 24.4. The van der Waals surface area contributed by atoms with Crippen LogP contribution in [0.5, 0.6) is 5.75 Å². The molecule has 2 rings (SSSR count). The van der Waals surface area contributed by atoms with E-state index in [2.05, 4.69) is 12.2 Å². The quantitative estimate of drug-likeness (QED) is 0.846. The number of nitrogens with one attached hydrogen (secondary N) is 1. The van der Waals surface area contributed by atoms with E-state index in [-0.39, 0.29) is 12.1 Å². The first-order valence-corrected chi connectivity index (χ1v) is 6.30. The van der Waals surface area contributed by atoms with Crippen molar-refractivity contribution < 1.29 is 9.84 Å². The Morgan fingerprint density at radius 2 is 2.06 bits per heavy atom. The average molecular weight is 235 g/mol. The molecule has 0 spiro atoms. The standard InChI is InChI=1S/C14H21NO2/c1-10-9-11(17-2)7-8-12(10)15-13-5-3-4-6-14(13)16/h7-9,13-16H,3-6H2,1-2H3/t13-,14-/m1/s1. The zero-order chi connectivity index (χ0) is 12.3. The minimum Gasteiger partial charge on any atom is -0.497 e. The summed E-state index contributed by atoms with van der Waals surface area (Å²) < 4.78 is 5.18. The van der Waals surface area contributed by atoms with Gasteiger partial charge in [-0.1, -0.05) is 12.8 Å². The van der Waals surface area contributed by atoms with E-state index >= 15 is 0 Å². The number of benzene rings is 1. The van der Waals surface area contributed by atoms with E-state index < -0.39 is 0 Å². The summed E-state index contributed by atoms with van der Waals surface area (Å²) in [5, 5.41) is 13.4. The molecule has 0 aliphatic heterocycles. The highest BCUT2D eigenvalue weighted by atomic mass is 16.5. The molecule has 1 aliphatic rings. The summed E-state index contributed by atoms with van der Waals surface area (Å²) in [4.78, 5) is 0. The predicted octanol–water partition coefficient (Wildman–Crippen LogP) is 2.72. The third kappa shape index (κ3) is 2.91. The van der Waals surface area contributed by atoms with Crippen molar-refractivity contribution in [2.75, 3.05) is 12.4 Å². The molecule has 0 heterocycles. The second-order valence-corrected chi connectivity index (χ2v) is 4.78. The molecule has 1 aliphatic carbocycles. The van der Waals surface area contributed by atoms with Crippen molar-refractivity contribution in [3.63, 3.8) is 0 Å². The fourth-order valence-corrected chi connectivity index (χ4v) is 2.40. The van der Waals surface area contributed by atoms with Crippen molar-refractivity contribution in [1.82, 2.24) is 0 Å². The maximum atomic E-state index is 9.93. The monoisotopic (exact) mass is 235 g/mol. The second-order valence-electron chi connectivity index (χ2n) is 4.78. The number of aryl methyl sites for hydroxylation is 1. The Morgan fingerprint density at radius 1 is 1.29 bits per heavy atom. The van der Waals surface area contributed by atoms with Crippen molar-refractivity contribution in [3.8, 4) is 5.75 Å². The van der Waals surface area contributed by atoms with Crippen LogP contribution < -0.4 is 10.1 Å². The summed E-state index contributed by atoms with van der Waals surface area (Å²) in [6.45, 7) is 2.06. The van der Waals surface area contributed by atoms with Gasteiger partial charge in [-0.2, -0.15) is 0 Å². The van der Waals surface area contributed by atoms with Crippen molar-refractivity contribution >= 4 is 5.69 Å². The van der Waals surface area contributed by atoms with Gasteiger partial charge in [-0.15, -0.1) is 0 Å². The number of hydrogen-bond donors (Lipinski definition) is 2. The summed E-state index contributed by atoms with van der Waals surface area (Å²) in [7, 11) is 1.67. The minimum absolute atomic E-state index is 0.191. The number of anilines is 1. The van der Waals surface area contributed by atoms with Gasteiger partial charge in [0.05, 0.1) is 19.3 Å². The lowest BCUT2D eigenvalue weighted by molar-refractivity contribution is 0.116. The molecule has 3 nitrogen and oxygen atoms in total. The first-order chi connectivity index (χ1) is 8.20. The number of aliphatic hydroxyl groups is 1. The van der Waals surface area contributed by atoms with Crippen molar-refractivity contribution in [2.45, 2.75) is 44.8 Å². The largest absolute Gasteiger partial charge is 0.497 e. The zero-order valence-corrected chi connectivity index (χ0v) is 10.6. The van der Waals surface area contributed by atoms with Gasteiger partial charge in [0.1, 0.15) is 5.75 Å². The highest BCUT2D eigenvalue weighted by Gasteiger charge is 2.22. The Hall–Kier alpha value is -1.22. The number of hydrogen-bond acceptors (Lipinski definition) is 3. The molecule has 0 unspecified atom stereocenters. The van der Waals surface area contributed by atoms with Crippen LogP contribution in [0.15, 0.2) is 18.2 Å². The van der Waals surface area contributed by atoms with Gasteiger partial charge in [0.15, 0.2) is 0 Å². The Balaban J connectivity index is 2.07. The van der Waals surface area contributed by atoms with Crippen LogP contribution in [0.4, 0.5) is 5.69 Å². The second kappa shape index (κ2) is 5.41. The molecule has 0 radical (unpaired) electrons. The smallest absolute Gasteiger partial charge is 0.119 e. The van der Waals surface area contributed by atoms with Crippen molar-refractivity contribution in [3.05, 3.63) is 23.8 Å². The molecule has 1 saturated carbocycles. The summed E-state index contributed by atoms with van der Waals surface area (Å²) in [6.07, 6.45) is 4.08. The maximum Gasteiger partial charge on any atom is 0.119 e. The van der Waals surface area contributed by atoms with Crippen LogP contribution in [0.2, 0.25) is 0 Å². The Bertz CT molecular complexity index is 378. The van der Waals surface area contributed by atoms with Gasteiger partial charge >= 0.3 is 0 Å². The Morgan fingerprint density at radius 3 is 2.71 bits per heavy atom. The van der Waals surface area contributed by atoms with Gasteiger partial charge in [0.2, 0.25) is 0 Å². The first-order valence-electron chi connectivity index (χ1n) is 6.30. The maximum absolute atomic E-state index is 9.93. The molecule has 1 aromatic rings. The topological polar surface area (TPSA) is 41.5 Å². The van der Waals surface area contributed by atoms with Crippen molar-refractivity contribution in [1.29, 1.82) is 0 Å². The van der Waals surface area contributed by atoms with Crippen LogP contribution in [0.25, 0.3) is 0 Å². The van der Waals surface area contributed by atoms with E-state index in [0.29, 0.717) is 0 Å². The molecule has 0 amide bonds. The third-order valence-corrected chi connectivity index (χ3v) is 3.50. The average Bonchev–Trinajstić information content (AvgIpc) is 2.34. The van der Waals surface area contributed by atoms with Crippen molar-refractivity contribution in [2.24, 2.45) is 0 Å². The summed E-state index contributed by atoms with van der Waals surface area (Å²) in [6, 6.07) is 6.17. The van der Waals surface area contributed by atoms with Gasteiger partial charge < -0.3 is 15.2 Å². The fraction of sp³-hybridized carbons (Fsp3) is 0.571. The van der Waals surface area contributed by atoms with Crippen LogP contribution in [-0.2, 0) is 0 Å². The summed E-state index contributed by atoms with van der Waals surface area (Å²) in [5.41, 5.74) is 2.25. The number of methoxy groups -OCH3 is 1. The molecule has 17 heavy (non-hydrogen) atoms. The number of aliphatic hydroxyl groups excluding tert-OH is 1. The van der Waals surface area contributed by atoms with Crippen LogP contribution in [0, 0.1) is 6.92 Å². The minimum atomic E-state index is -0.217. The van der Waals surface area contributed by atoms with E-state index in [1.54, 1.807) is 7.11 Å². The highest BCUT2D eigenvalue weighted by molar-refractivity contribution is 5.54. The van der Waals surface area contributed by atoms with E-state index in [9.17, 15) is 5.11 Å². The Labute approximate surface area is 103 Å². The van der Waals surface area contributed by atoms with E-state index in [0.717, 1.165) is 36.3 Å². The molecular formula is C14H21NO2. The zero-order valence-electron chi connectivity index (χ0n) is 10.6. The van der Waals surface area contributed by atoms with E-state index in [1.807, 2.05) is 18.2 Å². The molecule has 0 saturated heterocycles. The molecule has 2 atom stereocenters. The van der Waals surface area contributed by atoms with Gasteiger partial charge in [0.25, 0.3) is 0 Å². The molecular weight excluding hydrogens is 214 g/mol. The molecule has 3 heteroatoms. The predicted molar refractivity (Wildman–Crippen MR) is 69.6 cm³/mol. The molecule has 94 valence electrons. The van der Waals surface area contributed by atoms with Crippen LogP contribution >= 0.6 is 0 Å². The lowest BCUT2D eigenvalue weighted by Gasteiger charge is -2.29. The fourth-order valence-electron chi connectivity index (χ4n) is 2.40. The van der Waals surface area contributed by atoms with Crippen LogP contribution in [0.1, 0.15) is 31.2 Å². The molecule has 2 N–H and O–H groups in total. The Kier molecular flexibility index (Phi) is 3.89.